The number of fused-ring (bicyclic) bond motifs is 1. The molecule has 0 saturated heterocycles. The van der Waals surface area contributed by atoms with Crippen molar-refractivity contribution in [3.63, 3.8) is 0 Å². The summed E-state index contributed by atoms with van der Waals surface area (Å²) in [6.07, 6.45) is 0.0546. The molecule has 1 atom stereocenters. The first-order valence-electron chi connectivity index (χ1n) is 6.03. The van der Waals surface area contributed by atoms with Gasteiger partial charge < -0.3 is 10.4 Å². The van der Waals surface area contributed by atoms with Crippen molar-refractivity contribution in [1.82, 2.24) is 4.98 Å². The highest BCUT2D eigenvalue weighted by Gasteiger charge is 2.12. The van der Waals surface area contributed by atoms with Crippen LogP contribution in [0, 0.1) is 0 Å². The maximum atomic E-state index is 11.8. The molecular weight excluding hydrogens is 296 g/mol. The van der Waals surface area contributed by atoms with Crippen LogP contribution in [0.15, 0.2) is 24.3 Å². The van der Waals surface area contributed by atoms with Crippen molar-refractivity contribution in [3.8, 4) is 0 Å². The van der Waals surface area contributed by atoms with Crippen LogP contribution in [0.25, 0.3) is 10.2 Å². The summed E-state index contributed by atoms with van der Waals surface area (Å²) in [5.74, 6) is -0.785. The number of thioether (sulfide) groups is 1. The second kappa shape index (κ2) is 6.71. The lowest BCUT2D eigenvalue weighted by atomic mass is 10.3. The van der Waals surface area contributed by atoms with Crippen molar-refractivity contribution in [2.24, 2.45) is 0 Å². The van der Waals surface area contributed by atoms with Crippen molar-refractivity contribution in [1.29, 1.82) is 0 Å². The van der Waals surface area contributed by atoms with Crippen LogP contribution < -0.4 is 5.32 Å². The largest absolute Gasteiger partial charge is 0.481 e. The summed E-state index contributed by atoms with van der Waals surface area (Å²) in [6, 6.07) is 7.67. The summed E-state index contributed by atoms with van der Waals surface area (Å²) in [5.41, 5.74) is 0.861. The van der Waals surface area contributed by atoms with Gasteiger partial charge in [0, 0.05) is 5.25 Å². The summed E-state index contributed by atoms with van der Waals surface area (Å²) in [4.78, 5) is 26.6. The van der Waals surface area contributed by atoms with Gasteiger partial charge in [-0.25, -0.2) is 4.98 Å². The molecule has 2 aromatic rings. The highest BCUT2D eigenvalue weighted by molar-refractivity contribution is 8.00. The summed E-state index contributed by atoms with van der Waals surface area (Å²) in [5, 5.41) is 11.9. The summed E-state index contributed by atoms with van der Waals surface area (Å²) >= 11 is 2.75. The smallest absolute Gasteiger partial charge is 0.304 e. The zero-order chi connectivity index (χ0) is 14.5. The number of rotatable bonds is 6. The molecule has 1 aromatic carbocycles. The lowest BCUT2D eigenvalue weighted by Crippen LogP contribution is -2.16. The molecule has 0 spiro atoms. The van der Waals surface area contributed by atoms with Crippen LogP contribution in [0.5, 0.6) is 0 Å². The molecule has 20 heavy (non-hydrogen) atoms. The standard InChI is InChI=1S/C13H14N2O3S2/c1-8(6-12(17)18)19-7-11(16)15-13-14-9-4-2-3-5-10(9)20-13/h2-5,8H,6-7H2,1H3,(H,17,18)(H,14,15,16). The van der Waals surface area contributed by atoms with E-state index in [2.05, 4.69) is 10.3 Å². The van der Waals surface area contributed by atoms with Crippen LogP contribution in [0.2, 0.25) is 0 Å². The molecule has 0 fully saturated rings. The highest BCUT2D eigenvalue weighted by atomic mass is 32.2. The van der Waals surface area contributed by atoms with E-state index in [9.17, 15) is 9.59 Å². The minimum atomic E-state index is -0.850. The van der Waals surface area contributed by atoms with Crippen molar-refractivity contribution in [2.45, 2.75) is 18.6 Å². The minimum Gasteiger partial charge on any atom is -0.481 e. The molecule has 106 valence electrons. The molecular formula is C13H14N2O3S2. The van der Waals surface area contributed by atoms with Gasteiger partial charge in [0.25, 0.3) is 0 Å². The topological polar surface area (TPSA) is 79.3 Å². The molecule has 1 aromatic heterocycles. The maximum Gasteiger partial charge on any atom is 0.304 e. The van der Waals surface area contributed by atoms with Crippen LogP contribution in [0.1, 0.15) is 13.3 Å². The third kappa shape index (κ3) is 4.21. The number of benzene rings is 1. The van der Waals surface area contributed by atoms with Gasteiger partial charge in [0.1, 0.15) is 0 Å². The zero-order valence-electron chi connectivity index (χ0n) is 10.8. The Bertz CT molecular complexity index is 594. The number of thiazole rings is 1. The Balaban J connectivity index is 1.86. The third-order valence-corrected chi connectivity index (χ3v) is 4.62. The molecule has 0 saturated carbocycles. The fourth-order valence-corrected chi connectivity index (χ4v) is 3.25. The van der Waals surface area contributed by atoms with E-state index in [0.29, 0.717) is 5.13 Å². The first kappa shape index (κ1) is 14.8. The van der Waals surface area contributed by atoms with Crippen LogP contribution in [0.4, 0.5) is 5.13 Å². The normalized spacial score (nSPS) is 12.2. The van der Waals surface area contributed by atoms with Gasteiger partial charge in [-0.15, -0.1) is 11.8 Å². The van der Waals surface area contributed by atoms with Gasteiger partial charge in [0.2, 0.25) is 5.91 Å². The van der Waals surface area contributed by atoms with E-state index in [1.807, 2.05) is 24.3 Å². The quantitative estimate of drug-likeness (QED) is 0.857. The van der Waals surface area contributed by atoms with E-state index in [0.717, 1.165) is 10.2 Å². The number of amides is 1. The summed E-state index contributed by atoms with van der Waals surface area (Å²) < 4.78 is 1.02. The molecule has 0 aliphatic heterocycles. The Morgan fingerprint density at radius 3 is 2.90 bits per heavy atom. The number of carbonyl (C=O) groups is 2. The molecule has 1 amide bonds. The van der Waals surface area contributed by atoms with Gasteiger partial charge in [-0.05, 0) is 12.1 Å². The number of carbonyl (C=O) groups excluding carboxylic acids is 1. The van der Waals surface area contributed by atoms with Gasteiger partial charge in [-0.3, -0.25) is 9.59 Å². The number of hydrogen-bond acceptors (Lipinski definition) is 5. The fraction of sp³-hybridized carbons (Fsp3) is 0.308. The molecule has 0 aliphatic rings. The Morgan fingerprint density at radius 1 is 1.45 bits per heavy atom. The minimum absolute atomic E-state index is 0.0546. The molecule has 1 unspecified atom stereocenters. The molecule has 0 aliphatic carbocycles. The number of aromatic nitrogens is 1. The van der Waals surface area contributed by atoms with Crippen LogP contribution in [-0.4, -0.2) is 33.0 Å². The van der Waals surface area contributed by atoms with E-state index in [1.165, 1.54) is 23.1 Å². The summed E-state index contributed by atoms with van der Waals surface area (Å²) in [7, 11) is 0. The Morgan fingerprint density at radius 2 is 2.20 bits per heavy atom. The van der Waals surface area contributed by atoms with Gasteiger partial charge in [0.05, 0.1) is 22.4 Å². The number of nitrogens with one attached hydrogen (secondary N) is 1. The average molecular weight is 310 g/mol. The monoisotopic (exact) mass is 310 g/mol. The number of aliphatic carboxylic acids is 1. The van der Waals surface area contributed by atoms with Crippen molar-refractivity contribution >= 4 is 50.3 Å². The molecule has 2 N–H and O–H groups in total. The average Bonchev–Trinajstić information content (AvgIpc) is 2.77. The third-order valence-electron chi connectivity index (χ3n) is 2.50. The van der Waals surface area contributed by atoms with Crippen LogP contribution in [-0.2, 0) is 9.59 Å². The van der Waals surface area contributed by atoms with Crippen molar-refractivity contribution in [3.05, 3.63) is 24.3 Å². The lowest BCUT2D eigenvalue weighted by molar-refractivity contribution is -0.136. The van der Waals surface area contributed by atoms with Gasteiger partial charge in [-0.2, -0.15) is 0 Å². The van der Waals surface area contributed by atoms with Gasteiger partial charge in [-0.1, -0.05) is 30.4 Å². The van der Waals surface area contributed by atoms with Gasteiger partial charge >= 0.3 is 5.97 Å². The molecule has 1 heterocycles. The first-order valence-corrected chi connectivity index (χ1v) is 7.90. The number of hydrogen-bond donors (Lipinski definition) is 2. The molecule has 0 bridgehead atoms. The number of para-hydroxylation sites is 1. The molecule has 2 rings (SSSR count). The highest BCUT2D eigenvalue weighted by Crippen LogP contribution is 2.25. The SMILES string of the molecule is CC(CC(=O)O)SCC(=O)Nc1nc2ccccc2s1. The number of carboxylic acids is 1. The van der Waals surface area contributed by atoms with E-state index >= 15 is 0 Å². The predicted octanol–water partition coefficient (Wildman–Crippen LogP) is 2.83. The molecule has 0 radical (unpaired) electrons. The van der Waals surface area contributed by atoms with Crippen molar-refractivity contribution < 1.29 is 14.7 Å². The predicted molar refractivity (Wildman–Crippen MR) is 82.4 cm³/mol. The van der Waals surface area contributed by atoms with Gasteiger partial charge in [0.15, 0.2) is 5.13 Å². The fourth-order valence-electron chi connectivity index (χ4n) is 1.60. The van der Waals surface area contributed by atoms with E-state index in [1.54, 1.807) is 6.92 Å². The lowest BCUT2D eigenvalue weighted by Gasteiger charge is -2.07. The second-order valence-corrected chi connectivity index (χ2v) is 6.71. The maximum absolute atomic E-state index is 11.8. The Labute approximate surface area is 124 Å². The van der Waals surface area contributed by atoms with E-state index in [-0.39, 0.29) is 23.3 Å². The Kier molecular flexibility index (Phi) is 4.97. The van der Waals surface area contributed by atoms with E-state index < -0.39 is 5.97 Å². The number of anilines is 1. The van der Waals surface area contributed by atoms with E-state index in [4.69, 9.17) is 5.11 Å². The molecule has 7 heteroatoms. The molecule has 5 nitrogen and oxygen atoms in total. The van der Waals surface area contributed by atoms with Crippen molar-refractivity contribution in [2.75, 3.05) is 11.1 Å². The van der Waals surface area contributed by atoms with Crippen LogP contribution >= 0.6 is 23.1 Å². The number of nitrogens with zero attached hydrogens (tertiary/aromatic N) is 1. The second-order valence-electron chi connectivity index (χ2n) is 4.25. The number of carboxylic acid groups (broad SMARTS) is 1. The Hall–Kier alpha value is -1.60. The summed E-state index contributed by atoms with van der Waals surface area (Å²) in [6.45, 7) is 1.80. The first-order chi connectivity index (χ1) is 9.54. The van der Waals surface area contributed by atoms with Crippen LogP contribution in [0.3, 0.4) is 0 Å². The zero-order valence-corrected chi connectivity index (χ0v) is 12.5.